The Morgan fingerprint density at radius 2 is 2.39 bits per heavy atom. The van der Waals surface area contributed by atoms with Crippen molar-refractivity contribution in [2.75, 3.05) is 13.1 Å². The van der Waals surface area contributed by atoms with Gasteiger partial charge in [0.15, 0.2) is 0 Å². The van der Waals surface area contributed by atoms with Crippen molar-refractivity contribution >= 4 is 22.7 Å². The van der Waals surface area contributed by atoms with E-state index in [0.717, 1.165) is 31.1 Å². The molecule has 3 nitrogen and oxygen atoms in total. The van der Waals surface area contributed by atoms with Crippen molar-refractivity contribution in [3.63, 3.8) is 0 Å². The molecule has 2 aromatic rings. The molecule has 0 amide bonds. The SMILES string of the molecule is NC1CCCN(Cc2csc(-c3ccsc3)n2)C1. The van der Waals surface area contributed by atoms with Gasteiger partial charge >= 0.3 is 0 Å². The summed E-state index contributed by atoms with van der Waals surface area (Å²) >= 11 is 3.45. The van der Waals surface area contributed by atoms with Gasteiger partial charge in [0.25, 0.3) is 0 Å². The van der Waals surface area contributed by atoms with Crippen LogP contribution in [0.1, 0.15) is 18.5 Å². The van der Waals surface area contributed by atoms with Crippen LogP contribution in [0.15, 0.2) is 22.2 Å². The lowest BCUT2D eigenvalue weighted by Crippen LogP contribution is -2.42. The Morgan fingerprint density at radius 1 is 1.44 bits per heavy atom. The number of likely N-dealkylation sites (tertiary alicyclic amines) is 1. The molecule has 1 saturated heterocycles. The summed E-state index contributed by atoms with van der Waals surface area (Å²) < 4.78 is 0. The molecular weight excluding hydrogens is 262 g/mol. The van der Waals surface area contributed by atoms with Gasteiger partial charge in [-0.05, 0) is 30.8 Å². The van der Waals surface area contributed by atoms with Gasteiger partial charge in [-0.3, -0.25) is 4.90 Å². The monoisotopic (exact) mass is 279 g/mol. The fourth-order valence-corrected chi connectivity index (χ4v) is 3.89. The van der Waals surface area contributed by atoms with Crippen LogP contribution in [0.3, 0.4) is 0 Å². The zero-order valence-corrected chi connectivity index (χ0v) is 11.8. The summed E-state index contributed by atoms with van der Waals surface area (Å²) in [5.41, 5.74) is 8.42. The maximum atomic E-state index is 6.00. The molecule has 2 N–H and O–H groups in total. The number of hydrogen-bond donors (Lipinski definition) is 1. The Kier molecular flexibility index (Phi) is 3.75. The lowest BCUT2D eigenvalue weighted by molar-refractivity contribution is 0.200. The van der Waals surface area contributed by atoms with Crippen LogP contribution in [0.4, 0.5) is 0 Å². The number of thiophene rings is 1. The minimum absolute atomic E-state index is 0.341. The van der Waals surface area contributed by atoms with E-state index in [1.165, 1.54) is 17.7 Å². The van der Waals surface area contributed by atoms with Crippen LogP contribution in [0.25, 0.3) is 10.6 Å². The highest BCUT2D eigenvalue weighted by molar-refractivity contribution is 7.14. The summed E-state index contributed by atoms with van der Waals surface area (Å²) in [6.07, 6.45) is 2.37. The number of nitrogens with two attached hydrogens (primary N) is 1. The fourth-order valence-electron chi connectivity index (χ4n) is 2.36. The van der Waals surface area contributed by atoms with Gasteiger partial charge in [0, 0.05) is 35.5 Å². The van der Waals surface area contributed by atoms with Crippen molar-refractivity contribution in [1.82, 2.24) is 9.88 Å². The van der Waals surface area contributed by atoms with Crippen LogP contribution in [-0.4, -0.2) is 29.0 Å². The van der Waals surface area contributed by atoms with Gasteiger partial charge in [-0.1, -0.05) is 0 Å². The first-order chi connectivity index (χ1) is 8.81. The summed E-state index contributed by atoms with van der Waals surface area (Å²) in [4.78, 5) is 7.13. The minimum Gasteiger partial charge on any atom is -0.327 e. The molecule has 3 rings (SSSR count). The predicted octanol–water partition coefficient (Wildman–Crippen LogP) is 2.79. The maximum Gasteiger partial charge on any atom is 0.124 e. The molecule has 0 bridgehead atoms. The van der Waals surface area contributed by atoms with E-state index in [1.807, 2.05) is 0 Å². The summed E-state index contributed by atoms with van der Waals surface area (Å²) in [6, 6.07) is 2.47. The van der Waals surface area contributed by atoms with E-state index in [9.17, 15) is 0 Å². The number of thiazole rings is 1. The van der Waals surface area contributed by atoms with E-state index in [4.69, 9.17) is 10.7 Å². The first-order valence-corrected chi connectivity index (χ1v) is 8.08. The highest BCUT2D eigenvalue weighted by Crippen LogP contribution is 2.26. The van der Waals surface area contributed by atoms with Gasteiger partial charge in [0.2, 0.25) is 0 Å². The topological polar surface area (TPSA) is 42.1 Å². The number of aromatic nitrogens is 1. The lowest BCUT2D eigenvalue weighted by atomic mass is 10.1. The van der Waals surface area contributed by atoms with Gasteiger partial charge in [0.1, 0.15) is 5.01 Å². The highest BCUT2D eigenvalue weighted by Gasteiger charge is 2.17. The van der Waals surface area contributed by atoms with Crippen molar-refractivity contribution in [3.8, 4) is 10.6 Å². The molecule has 5 heteroatoms. The summed E-state index contributed by atoms with van der Waals surface area (Å²) in [5, 5.41) is 7.56. The van der Waals surface area contributed by atoms with Crippen molar-refractivity contribution < 1.29 is 0 Å². The summed E-state index contributed by atoms with van der Waals surface area (Å²) in [6.45, 7) is 3.10. The molecule has 1 aliphatic rings. The fraction of sp³-hybridized carbons (Fsp3) is 0.462. The number of rotatable bonds is 3. The molecule has 1 atom stereocenters. The van der Waals surface area contributed by atoms with Crippen molar-refractivity contribution in [1.29, 1.82) is 0 Å². The summed E-state index contributed by atoms with van der Waals surface area (Å²) in [5.74, 6) is 0. The van der Waals surface area contributed by atoms with E-state index < -0.39 is 0 Å². The third-order valence-corrected chi connectivity index (χ3v) is 4.87. The van der Waals surface area contributed by atoms with Crippen LogP contribution in [0, 0.1) is 0 Å². The van der Waals surface area contributed by atoms with Crippen molar-refractivity contribution in [2.24, 2.45) is 5.73 Å². The second kappa shape index (κ2) is 5.48. The molecule has 0 radical (unpaired) electrons. The number of nitrogens with zero attached hydrogens (tertiary/aromatic N) is 2. The molecule has 1 aliphatic heterocycles. The minimum atomic E-state index is 0.341. The predicted molar refractivity (Wildman–Crippen MR) is 77.9 cm³/mol. The van der Waals surface area contributed by atoms with Gasteiger partial charge < -0.3 is 5.73 Å². The molecule has 0 aromatic carbocycles. The van der Waals surface area contributed by atoms with Gasteiger partial charge in [0.05, 0.1) is 5.69 Å². The third kappa shape index (κ3) is 2.80. The molecule has 1 fully saturated rings. The van der Waals surface area contributed by atoms with Gasteiger partial charge in [-0.15, -0.1) is 11.3 Å². The second-order valence-corrected chi connectivity index (χ2v) is 6.43. The molecule has 0 saturated carbocycles. The molecule has 0 spiro atoms. The van der Waals surface area contributed by atoms with Crippen LogP contribution >= 0.6 is 22.7 Å². The van der Waals surface area contributed by atoms with Gasteiger partial charge in [-0.2, -0.15) is 11.3 Å². The number of piperidine rings is 1. The third-order valence-electron chi connectivity index (χ3n) is 3.25. The maximum absolute atomic E-state index is 6.00. The van der Waals surface area contributed by atoms with Crippen LogP contribution < -0.4 is 5.73 Å². The Bertz CT molecular complexity index is 492. The Labute approximate surface area is 115 Å². The first-order valence-electron chi connectivity index (χ1n) is 6.26. The second-order valence-electron chi connectivity index (χ2n) is 4.79. The molecular formula is C13H17N3S2. The Hall–Kier alpha value is -0.750. The van der Waals surface area contributed by atoms with Gasteiger partial charge in [-0.25, -0.2) is 4.98 Å². The molecule has 2 aromatic heterocycles. The Balaban J connectivity index is 1.66. The molecule has 96 valence electrons. The highest BCUT2D eigenvalue weighted by atomic mass is 32.1. The molecule has 3 heterocycles. The molecule has 1 unspecified atom stereocenters. The quantitative estimate of drug-likeness (QED) is 0.939. The van der Waals surface area contributed by atoms with Crippen molar-refractivity contribution in [2.45, 2.75) is 25.4 Å². The van der Waals surface area contributed by atoms with E-state index in [2.05, 4.69) is 27.1 Å². The van der Waals surface area contributed by atoms with E-state index in [-0.39, 0.29) is 0 Å². The standard InChI is InChI=1S/C13H17N3S2/c14-11-2-1-4-16(6-11)7-12-9-18-13(15-12)10-3-5-17-8-10/h3,5,8-9,11H,1-2,4,6-7,14H2. The zero-order valence-electron chi connectivity index (χ0n) is 10.2. The average molecular weight is 279 g/mol. The molecule has 18 heavy (non-hydrogen) atoms. The largest absolute Gasteiger partial charge is 0.327 e. The van der Waals surface area contributed by atoms with Crippen LogP contribution in [0.5, 0.6) is 0 Å². The van der Waals surface area contributed by atoms with Crippen molar-refractivity contribution in [3.05, 3.63) is 27.9 Å². The van der Waals surface area contributed by atoms with Crippen LogP contribution in [-0.2, 0) is 6.54 Å². The average Bonchev–Trinajstić information content (AvgIpc) is 2.98. The van der Waals surface area contributed by atoms with E-state index >= 15 is 0 Å². The van der Waals surface area contributed by atoms with Crippen LogP contribution in [0.2, 0.25) is 0 Å². The van der Waals surface area contributed by atoms with E-state index in [1.54, 1.807) is 22.7 Å². The number of hydrogen-bond acceptors (Lipinski definition) is 5. The first kappa shape index (κ1) is 12.3. The zero-order chi connectivity index (χ0) is 12.4. The smallest absolute Gasteiger partial charge is 0.124 e. The Morgan fingerprint density at radius 3 is 3.17 bits per heavy atom. The summed E-state index contributed by atoms with van der Waals surface area (Å²) in [7, 11) is 0. The lowest BCUT2D eigenvalue weighted by Gasteiger charge is -2.29. The van der Waals surface area contributed by atoms with E-state index in [0.29, 0.717) is 6.04 Å². The normalized spacial score (nSPS) is 21.3. The molecule has 0 aliphatic carbocycles.